The van der Waals surface area contributed by atoms with E-state index < -0.39 is 12.1 Å². The minimum atomic E-state index is -1.10. The van der Waals surface area contributed by atoms with Gasteiger partial charge in [0.1, 0.15) is 6.10 Å². The van der Waals surface area contributed by atoms with E-state index in [4.69, 9.17) is 10.5 Å². The normalized spacial score (nSPS) is 19.5. The second kappa shape index (κ2) is 10.1. The summed E-state index contributed by atoms with van der Waals surface area (Å²) in [6.45, 7) is 5.08. The quantitative estimate of drug-likeness (QED) is 0.564. The first kappa shape index (κ1) is 18.4. The van der Waals surface area contributed by atoms with Crippen LogP contribution in [0.25, 0.3) is 0 Å². The summed E-state index contributed by atoms with van der Waals surface area (Å²) in [5.74, 6) is 0.207. The molecule has 0 aromatic rings. The van der Waals surface area contributed by atoms with E-state index in [0.717, 1.165) is 12.8 Å². The molecule has 0 heterocycles. The van der Waals surface area contributed by atoms with Crippen LogP contribution in [0.5, 0.6) is 0 Å². The molecule has 0 aromatic carbocycles. The third kappa shape index (κ3) is 7.79. The van der Waals surface area contributed by atoms with Gasteiger partial charge in [0.2, 0.25) is 5.91 Å². The van der Waals surface area contributed by atoms with Gasteiger partial charge < -0.3 is 20.9 Å². The number of hydrogen-bond acceptors (Lipinski definition) is 4. The fourth-order valence-corrected chi connectivity index (χ4v) is 2.84. The molecule has 0 saturated heterocycles. The second-order valence-electron chi connectivity index (χ2n) is 6.41. The number of carbonyl (C=O) groups excluding carboxylic acids is 1. The van der Waals surface area contributed by atoms with Crippen LogP contribution >= 0.6 is 0 Å². The van der Waals surface area contributed by atoms with Gasteiger partial charge in [-0.15, -0.1) is 0 Å². The largest absolute Gasteiger partial charge is 0.382 e. The molecule has 1 rings (SSSR count). The van der Waals surface area contributed by atoms with Crippen LogP contribution in [0.1, 0.15) is 58.8 Å². The van der Waals surface area contributed by atoms with Crippen LogP contribution in [0.15, 0.2) is 0 Å². The highest BCUT2D eigenvalue weighted by Gasteiger charge is 2.26. The van der Waals surface area contributed by atoms with Crippen molar-refractivity contribution in [2.45, 2.75) is 77.0 Å². The minimum Gasteiger partial charge on any atom is -0.382 e. The van der Waals surface area contributed by atoms with Crippen LogP contribution in [0, 0.1) is 5.92 Å². The van der Waals surface area contributed by atoms with Gasteiger partial charge in [0.15, 0.2) is 0 Å². The third-order valence-corrected chi connectivity index (χ3v) is 4.08. The van der Waals surface area contributed by atoms with Crippen molar-refractivity contribution in [3.63, 3.8) is 0 Å². The van der Waals surface area contributed by atoms with Gasteiger partial charge in [-0.05, 0) is 32.6 Å². The lowest BCUT2D eigenvalue weighted by Gasteiger charge is -2.26. The number of hydrogen-bond donors (Lipinski definition) is 3. The Morgan fingerprint density at radius 2 is 2.00 bits per heavy atom. The summed E-state index contributed by atoms with van der Waals surface area (Å²) in [6, 6.07) is -0.458. The Labute approximate surface area is 128 Å². The van der Waals surface area contributed by atoms with Crippen molar-refractivity contribution in [2.24, 2.45) is 11.7 Å². The van der Waals surface area contributed by atoms with E-state index in [1.54, 1.807) is 0 Å². The van der Waals surface area contributed by atoms with E-state index >= 15 is 0 Å². The van der Waals surface area contributed by atoms with Crippen LogP contribution in [0.4, 0.5) is 0 Å². The van der Waals surface area contributed by atoms with Crippen molar-refractivity contribution < 1.29 is 14.6 Å². The number of carbonyl (C=O) groups is 1. The molecular formula is C16H32N2O3. The first-order valence-corrected chi connectivity index (χ1v) is 8.33. The van der Waals surface area contributed by atoms with Gasteiger partial charge in [-0.1, -0.05) is 32.1 Å². The summed E-state index contributed by atoms with van der Waals surface area (Å²) < 4.78 is 5.39. The Morgan fingerprint density at radius 3 is 2.62 bits per heavy atom. The predicted molar refractivity (Wildman–Crippen MR) is 83.9 cm³/mol. The van der Waals surface area contributed by atoms with E-state index in [0.29, 0.717) is 19.1 Å². The van der Waals surface area contributed by atoms with Gasteiger partial charge in [0.05, 0.1) is 6.10 Å². The van der Waals surface area contributed by atoms with Crippen molar-refractivity contribution in [3.8, 4) is 0 Å². The molecule has 1 aliphatic rings. The maximum absolute atomic E-state index is 11.8. The standard InChI is InChI=1S/C16H32N2O3/c1-12(2)21-10-6-9-18-16(20)15(19)14(17)11-13-7-4-3-5-8-13/h12-15,19H,3-11,17H2,1-2H3,(H,18,20)/t14-,15?/m1/s1. The highest BCUT2D eigenvalue weighted by Crippen LogP contribution is 2.27. The molecule has 2 atom stereocenters. The minimum absolute atomic E-state index is 0.204. The van der Waals surface area contributed by atoms with Gasteiger partial charge in [-0.3, -0.25) is 4.79 Å². The Balaban J connectivity index is 2.16. The molecule has 124 valence electrons. The summed E-state index contributed by atoms with van der Waals surface area (Å²) in [4.78, 5) is 11.8. The lowest BCUT2D eigenvalue weighted by Crippen LogP contribution is -2.47. The third-order valence-electron chi connectivity index (χ3n) is 4.08. The monoisotopic (exact) mass is 300 g/mol. The maximum atomic E-state index is 11.8. The summed E-state index contributed by atoms with van der Waals surface area (Å²) in [6.07, 6.45) is 6.73. The molecule has 1 unspecified atom stereocenters. The Hall–Kier alpha value is -0.650. The molecule has 1 fully saturated rings. The zero-order chi connectivity index (χ0) is 15.7. The molecule has 21 heavy (non-hydrogen) atoms. The lowest BCUT2D eigenvalue weighted by molar-refractivity contribution is -0.130. The van der Waals surface area contributed by atoms with Gasteiger partial charge in [-0.2, -0.15) is 0 Å². The molecule has 1 aliphatic carbocycles. The zero-order valence-electron chi connectivity index (χ0n) is 13.5. The fraction of sp³-hybridized carbons (Fsp3) is 0.938. The molecule has 0 aromatic heterocycles. The molecule has 0 bridgehead atoms. The van der Waals surface area contributed by atoms with Crippen molar-refractivity contribution >= 4 is 5.91 Å². The maximum Gasteiger partial charge on any atom is 0.250 e. The first-order valence-electron chi connectivity index (χ1n) is 8.33. The smallest absolute Gasteiger partial charge is 0.250 e. The average molecular weight is 300 g/mol. The van der Waals surface area contributed by atoms with Gasteiger partial charge >= 0.3 is 0 Å². The summed E-state index contributed by atoms with van der Waals surface area (Å²) in [5.41, 5.74) is 5.98. The zero-order valence-corrected chi connectivity index (χ0v) is 13.5. The summed E-state index contributed by atoms with van der Waals surface area (Å²) in [5, 5.41) is 12.7. The van der Waals surface area contributed by atoms with E-state index in [9.17, 15) is 9.90 Å². The topological polar surface area (TPSA) is 84.6 Å². The van der Waals surface area contributed by atoms with Crippen molar-refractivity contribution in [2.75, 3.05) is 13.2 Å². The summed E-state index contributed by atoms with van der Waals surface area (Å²) >= 11 is 0. The van der Waals surface area contributed by atoms with E-state index in [-0.39, 0.29) is 12.0 Å². The van der Waals surface area contributed by atoms with Gasteiger partial charge in [0, 0.05) is 19.2 Å². The van der Waals surface area contributed by atoms with Crippen LogP contribution in [0.2, 0.25) is 0 Å². The highest BCUT2D eigenvalue weighted by atomic mass is 16.5. The van der Waals surface area contributed by atoms with Crippen LogP contribution in [-0.2, 0) is 9.53 Å². The first-order chi connectivity index (χ1) is 10.0. The van der Waals surface area contributed by atoms with Crippen molar-refractivity contribution in [1.29, 1.82) is 0 Å². The van der Waals surface area contributed by atoms with Crippen LogP contribution < -0.4 is 11.1 Å². The SMILES string of the molecule is CC(C)OCCCNC(=O)C(O)[C@H](N)CC1CCCCC1. The molecule has 1 amide bonds. The average Bonchev–Trinajstić information content (AvgIpc) is 2.46. The number of nitrogens with two attached hydrogens (primary N) is 1. The van der Waals surface area contributed by atoms with Crippen LogP contribution in [-0.4, -0.2) is 42.4 Å². The molecular weight excluding hydrogens is 268 g/mol. The van der Waals surface area contributed by atoms with Gasteiger partial charge in [-0.25, -0.2) is 0 Å². The van der Waals surface area contributed by atoms with Crippen molar-refractivity contribution in [1.82, 2.24) is 5.32 Å². The highest BCUT2D eigenvalue weighted by molar-refractivity contribution is 5.81. The second-order valence-corrected chi connectivity index (χ2v) is 6.41. The van der Waals surface area contributed by atoms with E-state index in [2.05, 4.69) is 5.32 Å². The molecule has 5 heteroatoms. The van der Waals surface area contributed by atoms with Crippen molar-refractivity contribution in [3.05, 3.63) is 0 Å². The molecule has 0 aliphatic heterocycles. The lowest BCUT2D eigenvalue weighted by atomic mass is 9.84. The number of amides is 1. The molecule has 1 saturated carbocycles. The van der Waals surface area contributed by atoms with E-state index in [1.165, 1.54) is 32.1 Å². The number of aliphatic hydroxyl groups excluding tert-OH is 1. The van der Waals surface area contributed by atoms with Crippen LogP contribution in [0.3, 0.4) is 0 Å². The predicted octanol–water partition coefficient (Wildman–Crippen LogP) is 1.58. The number of rotatable bonds is 9. The molecule has 5 nitrogen and oxygen atoms in total. The Bertz CT molecular complexity index is 291. The molecule has 4 N–H and O–H groups in total. The number of nitrogens with one attached hydrogen (secondary N) is 1. The Morgan fingerprint density at radius 1 is 1.33 bits per heavy atom. The number of aliphatic hydroxyl groups is 1. The number of ether oxygens (including phenoxy) is 1. The molecule has 0 spiro atoms. The van der Waals surface area contributed by atoms with E-state index in [1.807, 2.05) is 13.8 Å². The summed E-state index contributed by atoms with van der Waals surface area (Å²) in [7, 11) is 0. The Kier molecular flexibility index (Phi) is 8.88. The van der Waals surface area contributed by atoms with Gasteiger partial charge in [0.25, 0.3) is 0 Å². The molecule has 0 radical (unpaired) electrons. The fourth-order valence-electron chi connectivity index (χ4n) is 2.84.